The van der Waals surface area contributed by atoms with Gasteiger partial charge in [0.2, 0.25) is 0 Å². The van der Waals surface area contributed by atoms with Crippen molar-refractivity contribution in [2.75, 3.05) is 7.11 Å². The highest BCUT2D eigenvalue weighted by Gasteiger charge is 2.15. The van der Waals surface area contributed by atoms with Crippen molar-refractivity contribution in [2.45, 2.75) is 25.8 Å². The van der Waals surface area contributed by atoms with Crippen LogP contribution in [-0.4, -0.2) is 16.9 Å². The third kappa shape index (κ3) is 3.22. The highest BCUT2D eigenvalue weighted by atomic mass is 79.9. The molecule has 0 saturated heterocycles. The fourth-order valence-corrected chi connectivity index (χ4v) is 2.65. The van der Waals surface area contributed by atoms with Crippen LogP contribution in [0.3, 0.4) is 0 Å². The Morgan fingerprint density at radius 2 is 2.15 bits per heavy atom. The molecule has 0 saturated carbocycles. The van der Waals surface area contributed by atoms with Crippen LogP contribution in [0.25, 0.3) is 0 Å². The Bertz CT molecular complexity index is 595. The van der Waals surface area contributed by atoms with E-state index in [4.69, 9.17) is 10.5 Å². The lowest BCUT2D eigenvalue weighted by molar-refractivity contribution is 0.414. The Kier molecular flexibility index (Phi) is 4.83. The zero-order chi connectivity index (χ0) is 14.7. The van der Waals surface area contributed by atoms with Crippen molar-refractivity contribution in [1.82, 2.24) is 9.78 Å². The third-order valence-corrected chi connectivity index (χ3v) is 4.18. The molecule has 2 N–H and O–H groups in total. The summed E-state index contributed by atoms with van der Waals surface area (Å²) in [5.74, 6) is 0.842. The minimum Gasteiger partial charge on any atom is -0.497 e. The summed E-state index contributed by atoms with van der Waals surface area (Å²) in [5, 5.41) is 4.45. The molecule has 0 fully saturated rings. The summed E-state index contributed by atoms with van der Waals surface area (Å²) in [6.45, 7) is 2.09. The highest BCUT2D eigenvalue weighted by molar-refractivity contribution is 9.10. The first-order valence-corrected chi connectivity index (χ1v) is 7.45. The van der Waals surface area contributed by atoms with Gasteiger partial charge in [0.15, 0.2) is 0 Å². The molecule has 0 radical (unpaired) electrons. The molecule has 0 aliphatic heterocycles. The van der Waals surface area contributed by atoms with Crippen LogP contribution in [0.4, 0.5) is 0 Å². The average molecular weight is 338 g/mol. The van der Waals surface area contributed by atoms with Crippen LogP contribution >= 0.6 is 15.9 Å². The number of hydrogen-bond acceptors (Lipinski definition) is 3. The van der Waals surface area contributed by atoms with Gasteiger partial charge in [0.1, 0.15) is 5.75 Å². The van der Waals surface area contributed by atoms with Crippen molar-refractivity contribution in [3.63, 3.8) is 0 Å². The zero-order valence-electron chi connectivity index (χ0n) is 12.1. The van der Waals surface area contributed by atoms with Crippen LogP contribution in [0.2, 0.25) is 0 Å². The molecule has 0 aliphatic carbocycles. The summed E-state index contributed by atoms with van der Waals surface area (Å²) in [6, 6.07) is 7.93. The number of benzene rings is 1. The van der Waals surface area contributed by atoms with Gasteiger partial charge in [-0.05, 0) is 42.7 Å². The molecule has 0 bridgehead atoms. The molecule has 2 rings (SSSR count). The lowest BCUT2D eigenvalue weighted by Gasteiger charge is -2.14. The standard InChI is InChI=1S/C15H20BrN3O/c1-4-11-9-15(19(2)18-11)14(17)8-10-7-12(20-3)5-6-13(10)16/h5-7,9,14H,4,8,17H2,1-3H3. The van der Waals surface area contributed by atoms with Crippen LogP contribution in [0.1, 0.15) is 29.9 Å². The Labute approximate surface area is 128 Å². The number of aryl methyl sites for hydroxylation is 2. The summed E-state index contributed by atoms with van der Waals surface area (Å²) in [6.07, 6.45) is 1.66. The number of aromatic nitrogens is 2. The Morgan fingerprint density at radius 1 is 1.40 bits per heavy atom. The molecular weight excluding hydrogens is 318 g/mol. The van der Waals surface area contributed by atoms with Gasteiger partial charge in [-0.15, -0.1) is 0 Å². The van der Waals surface area contributed by atoms with Crippen LogP contribution < -0.4 is 10.5 Å². The molecule has 20 heavy (non-hydrogen) atoms. The van der Waals surface area contributed by atoms with E-state index in [-0.39, 0.29) is 6.04 Å². The van der Waals surface area contributed by atoms with E-state index in [0.29, 0.717) is 0 Å². The summed E-state index contributed by atoms with van der Waals surface area (Å²) < 4.78 is 8.18. The lowest BCUT2D eigenvalue weighted by atomic mass is 10.0. The van der Waals surface area contributed by atoms with E-state index in [2.05, 4.69) is 34.0 Å². The van der Waals surface area contributed by atoms with Crippen molar-refractivity contribution in [3.8, 4) is 5.75 Å². The van der Waals surface area contributed by atoms with Crippen molar-refractivity contribution in [2.24, 2.45) is 12.8 Å². The van der Waals surface area contributed by atoms with Gasteiger partial charge in [-0.1, -0.05) is 22.9 Å². The number of rotatable bonds is 5. The van der Waals surface area contributed by atoms with Crippen molar-refractivity contribution >= 4 is 15.9 Å². The molecule has 2 aromatic rings. The molecule has 108 valence electrons. The first-order valence-electron chi connectivity index (χ1n) is 6.66. The van der Waals surface area contributed by atoms with Gasteiger partial charge in [-0.3, -0.25) is 4.68 Å². The van der Waals surface area contributed by atoms with Gasteiger partial charge in [0, 0.05) is 11.5 Å². The predicted octanol–water partition coefficient (Wildman–Crippen LogP) is 3.00. The van der Waals surface area contributed by atoms with Gasteiger partial charge >= 0.3 is 0 Å². The fourth-order valence-electron chi connectivity index (χ4n) is 2.24. The number of hydrogen-bond donors (Lipinski definition) is 1. The van der Waals surface area contributed by atoms with E-state index in [1.807, 2.05) is 29.9 Å². The maximum Gasteiger partial charge on any atom is 0.119 e. The second-order valence-corrected chi connectivity index (χ2v) is 5.66. The van der Waals surface area contributed by atoms with Crippen LogP contribution in [0.15, 0.2) is 28.7 Å². The molecule has 1 aromatic carbocycles. The first kappa shape index (κ1) is 15.1. The smallest absolute Gasteiger partial charge is 0.119 e. The quantitative estimate of drug-likeness (QED) is 0.912. The van der Waals surface area contributed by atoms with E-state index in [1.165, 1.54) is 0 Å². The van der Waals surface area contributed by atoms with Crippen LogP contribution in [-0.2, 0) is 19.9 Å². The molecule has 1 heterocycles. The van der Waals surface area contributed by atoms with E-state index in [9.17, 15) is 0 Å². The second kappa shape index (κ2) is 6.41. The SMILES string of the molecule is CCc1cc(C(N)Cc2cc(OC)ccc2Br)n(C)n1. The van der Waals surface area contributed by atoms with E-state index < -0.39 is 0 Å². The van der Waals surface area contributed by atoms with Crippen LogP contribution in [0.5, 0.6) is 5.75 Å². The number of ether oxygens (including phenoxy) is 1. The second-order valence-electron chi connectivity index (χ2n) is 4.81. The Hall–Kier alpha value is -1.33. The lowest BCUT2D eigenvalue weighted by Crippen LogP contribution is -2.17. The van der Waals surface area contributed by atoms with Crippen molar-refractivity contribution in [3.05, 3.63) is 45.7 Å². The first-order chi connectivity index (χ1) is 9.55. The van der Waals surface area contributed by atoms with Crippen molar-refractivity contribution in [1.29, 1.82) is 0 Å². The molecular formula is C15H20BrN3O. The summed E-state index contributed by atoms with van der Waals surface area (Å²) in [4.78, 5) is 0. The minimum atomic E-state index is -0.0868. The largest absolute Gasteiger partial charge is 0.497 e. The highest BCUT2D eigenvalue weighted by Crippen LogP contribution is 2.26. The normalized spacial score (nSPS) is 12.4. The maximum absolute atomic E-state index is 6.33. The summed E-state index contributed by atoms with van der Waals surface area (Å²) in [7, 11) is 3.61. The van der Waals surface area contributed by atoms with Gasteiger partial charge in [-0.25, -0.2) is 0 Å². The molecule has 1 aromatic heterocycles. The Morgan fingerprint density at radius 3 is 2.75 bits per heavy atom. The fraction of sp³-hybridized carbons (Fsp3) is 0.400. The van der Waals surface area contributed by atoms with Gasteiger partial charge in [0.25, 0.3) is 0 Å². The molecule has 0 amide bonds. The topological polar surface area (TPSA) is 53.1 Å². The zero-order valence-corrected chi connectivity index (χ0v) is 13.6. The third-order valence-electron chi connectivity index (χ3n) is 3.40. The van der Waals surface area contributed by atoms with E-state index in [0.717, 1.165) is 40.0 Å². The molecule has 1 atom stereocenters. The maximum atomic E-state index is 6.33. The Balaban J connectivity index is 2.22. The molecule has 1 unspecified atom stereocenters. The average Bonchev–Trinajstić information content (AvgIpc) is 2.82. The monoisotopic (exact) mass is 337 g/mol. The van der Waals surface area contributed by atoms with Gasteiger partial charge in [0.05, 0.1) is 24.5 Å². The predicted molar refractivity (Wildman–Crippen MR) is 83.9 cm³/mol. The summed E-state index contributed by atoms with van der Waals surface area (Å²) in [5.41, 5.74) is 9.59. The number of nitrogens with zero attached hydrogens (tertiary/aromatic N) is 2. The number of methoxy groups -OCH3 is 1. The van der Waals surface area contributed by atoms with Gasteiger partial charge in [-0.2, -0.15) is 5.10 Å². The molecule has 0 spiro atoms. The number of halogens is 1. The summed E-state index contributed by atoms with van der Waals surface area (Å²) >= 11 is 3.56. The van der Waals surface area contributed by atoms with E-state index in [1.54, 1.807) is 7.11 Å². The minimum absolute atomic E-state index is 0.0868. The number of nitrogens with two attached hydrogens (primary N) is 1. The van der Waals surface area contributed by atoms with Crippen molar-refractivity contribution < 1.29 is 4.74 Å². The molecule has 0 aliphatic rings. The van der Waals surface area contributed by atoms with E-state index >= 15 is 0 Å². The molecule has 5 heteroatoms. The molecule has 4 nitrogen and oxygen atoms in total. The van der Waals surface area contributed by atoms with Crippen LogP contribution in [0, 0.1) is 0 Å². The van der Waals surface area contributed by atoms with Gasteiger partial charge < -0.3 is 10.5 Å².